The van der Waals surface area contributed by atoms with Gasteiger partial charge in [-0.25, -0.2) is 0 Å². The summed E-state index contributed by atoms with van der Waals surface area (Å²) in [5.74, 6) is -4.47. The molecule has 8 atom stereocenters. The number of hydrogen-bond acceptors (Lipinski definition) is 22. The predicted octanol–water partition coefficient (Wildman–Crippen LogP) is 10.6. The van der Waals surface area contributed by atoms with E-state index < -0.39 is 94.8 Å². The summed E-state index contributed by atoms with van der Waals surface area (Å²) in [5, 5.41) is 112. The Hall–Kier alpha value is -7.20. The summed E-state index contributed by atoms with van der Waals surface area (Å²) in [6.45, 7) is 20.9. The Labute approximate surface area is 601 Å². The lowest BCUT2D eigenvalue weighted by Gasteiger charge is -2.52. The molecule has 0 bridgehead atoms. The van der Waals surface area contributed by atoms with Gasteiger partial charge in [0.1, 0.15) is 5.66 Å². The van der Waals surface area contributed by atoms with Crippen LogP contribution in [0.5, 0.6) is 0 Å². The molecule has 0 amide bonds. The van der Waals surface area contributed by atoms with Gasteiger partial charge in [0.15, 0.2) is 17.0 Å². The van der Waals surface area contributed by atoms with Crippen molar-refractivity contribution in [2.45, 2.75) is 163 Å². The smallest absolute Gasteiger partial charge is 0.156 e. The Morgan fingerprint density at radius 3 is 1.01 bits per heavy atom. The molecule has 4 aliphatic heterocycles. The van der Waals surface area contributed by atoms with Crippen molar-refractivity contribution in [2.24, 2.45) is 0 Å². The van der Waals surface area contributed by atoms with Gasteiger partial charge in [0, 0.05) is 150 Å². The molecule has 0 spiro atoms. The molecular weight excluding hydrogens is 1310 g/mol. The van der Waals surface area contributed by atoms with Crippen LogP contribution in [-0.4, -0.2) is 189 Å². The number of ether oxygens (including phenoxy) is 7. The molecule has 3 saturated carbocycles. The van der Waals surface area contributed by atoms with Crippen LogP contribution in [-0.2, 0) is 44.4 Å². The Bertz CT molecular complexity index is 4390. The minimum Gasteiger partial charge on any atom is -0.392 e. The van der Waals surface area contributed by atoms with Crippen molar-refractivity contribution in [1.29, 1.82) is 0 Å². The molecule has 3 aliphatic carbocycles. The number of anilines is 7. The van der Waals surface area contributed by atoms with Crippen molar-refractivity contribution in [1.82, 2.24) is 5.48 Å². The largest absolute Gasteiger partial charge is 0.392 e. The molecule has 22 heteroatoms. The summed E-state index contributed by atoms with van der Waals surface area (Å²) < 4.78 is 43.5. The van der Waals surface area contributed by atoms with Crippen molar-refractivity contribution in [2.75, 3.05) is 136 Å². The molecule has 550 valence electrons. The van der Waals surface area contributed by atoms with E-state index in [1.165, 1.54) is 0 Å². The topological polar surface area (TPSA) is 291 Å². The highest BCUT2D eigenvalue weighted by molar-refractivity contribution is 6.10. The maximum Gasteiger partial charge on any atom is 0.156 e. The maximum atomic E-state index is 13.2. The second-order valence-electron chi connectivity index (χ2n) is 29.2. The standard InChI is InChI=1S/C81H102N8O14/c1-9-35-102-43-80(40-99-13-5)83-56-22-18-20-45-25-31-51(69(86-80)59(45)56)64-76(94)66(77(64)95)53-34-28-47-27-33-52(70-60(47)71(53)88-81(87-70,41-100-14-6)42-101-15-7)65-72(90)61(73(65)91)48-29-23-46-26-32-49(67-57(46)54(48)36-78(84-67,37-96-10-2)89-103-16-8)62-74(92)63(75(62)93)50-30-24-44-19-17-21-55-58(44)68(50)85-79(82-55,38-97-11-3)39-98-12-4/h17-34,61-66,72-77,82-95H,9-16,35-43H2,1-8H3. The third kappa shape index (κ3) is 12.1. The van der Waals surface area contributed by atoms with Crippen molar-refractivity contribution in [3.63, 3.8) is 0 Å². The molecule has 8 aromatic carbocycles. The van der Waals surface area contributed by atoms with Crippen molar-refractivity contribution in [3.8, 4) is 0 Å². The van der Waals surface area contributed by atoms with Gasteiger partial charge in [0.25, 0.3) is 0 Å². The van der Waals surface area contributed by atoms with Crippen LogP contribution in [0, 0.1) is 0 Å². The molecule has 4 heterocycles. The number of hydrogen-bond donors (Lipinski definition) is 14. The number of benzene rings is 8. The van der Waals surface area contributed by atoms with Crippen LogP contribution >= 0.6 is 0 Å². The third-order valence-corrected chi connectivity index (χ3v) is 22.8. The quantitative estimate of drug-likeness (QED) is 0.0142. The highest BCUT2D eigenvalue weighted by atomic mass is 16.7. The Morgan fingerprint density at radius 1 is 0.330 bits per heavy atom. The number of hydroxylamine groups is 1. The summed E-state index contributed by atoms with van der Waals surface area (Å²) in [6.07, 6.45) is -5.23. The first-order valence-corrected chi connectivity index (χ1v) is 37.4. The fourth-order valence-electron chi connectivity index (χ4n) is 18.0. The van der Waals surface area contributed by atoms with E-state index in [1.807, 2.05) is 146 Å². The molecule has 8 unspecified atom stereocenters. The van der Waals surface area contributed by atoms with E-state index in [2.05, 4.69) is 61.8 Å². The maximum absolute atomic E-state index is 13.2. The van der Waals surface area contributed by atoms with E-state index in [9.17, 15) is 30.6 Å². The number of aliphatic hydroxyl groups is 6. The monoisotopic (exact) mass is 1410 g/mol. The molecule has 0 radical (unpaired) electrons. The average Bonchev–Trinajstić information content (AvgIpc) is 0.705. The first-order valence-electron chi connectivity index (χ1n) is 37.4. The van der Waals surface area contributed by atoms with Gasteiger partial charge in [-0.3, -0.25) is 4.84 Å². The highest BCUT2D eigenvalue weighted by Gasteiger charge is 2.58. The average molecular weight is 1410 g/mol. The minimum atomic E-state index is -1.12. The van der Waals surface area contributed by atoms with Gasteiger partial charge in [-0.1, -0.05) is 104 Å². The highest BCUT2D eigenvalue weighted by Crippen LogP contribution is 2.61. The van der Waals surface area contributed by atoms with E-state index >= 15 is 0 Å². The van der Waals surface area contributed by atoms with E-state index in [-0.39, 0.29) is 19.8 Å². The van der Waals surface area contributed by atoms with E-state index in [4.69, 9.17) is 38.0 Å². The SMILES string of the molecule is CCCOCC1(COCC)Nc2cccc3ccc(C4C(O)C(c5ccc6ccc(C7C(O)C(c8ccc9ccc(C%10C(O)C(c%11ccc%12cccc%13c%12c%11NC(COCC)(COCC)N%13)C%10O)c%10c9c8CC(COCC)(NOCC)N%10)C7O)c7c6c5NC(COCC)(COCC)N7)C4O)c(c23)N1. The molecular formula is C81H102N8O14. The van der Waals surface area contributed by atoms with Crippen LogP contribution < -0.4 is 42.7 Å². The normalized spacial score (nSPS) is 28.1. The zero-order valence-corrected chi connectivity index (χ0v) is 60.3. The Morgan fingerprint density at radius 2 is 0.641 bits per heavy atom. The fraction of sp³-hybridized carbons (Fsp3) is 0.506. The van der Waals surface area contributed by atoms with Gasteiger partial charge >= 0.3 is 0 Å². The van der Waals surface area contributed by atoms with E-state index in [0.29, 0.717) is 119 Å². The van der Waals surface area contributed by atoms with Crippen LogP contribution in [0.4, 0.5) is 39.8 Å². The molecule has 7 aliphatic rings. The molecule has 22 nitrogen and oxygen atoms in total. The van der Waals surface area contributed by atoms with Crippen molar-refractivity contribution >= 4 is 82.9 Å². The van der Waals surface area contributed by atoms with Gasteiger partial charge in [0.2, 0.25) is 0 Å². The molecule has 103 heavy (non-hydrogen) atoms. The first kappa shape index (κ1) is 71.4. The Kier molecular flexibility index (Phi) is 20.1. The summed E-state index contributed by atoms with van der Waals surface area (Å²) in [5.41, 5.74) is 10.2. The lowest BCUT2D eigenvalue weighted by atomic mass is 9.60. The predicted molar refractivity (Wildman–Crippen MR) is 403 cm³/mol. The Balaban J connectivity index is 0.793. The lowest BCUT2D eigenvalue weighted by molar-refractivity contribution is -0.0790. The summed E-state index contributed by atoms with van der Waals surface area (Å²) in [4.78, 5) is 6.12. The van der Waals surface area contributed by atoms with Gasteiger partial charge in [-0.15, -0.1) is 0 Å². The molecule has 3 fully saturated rings. The first-order chi connectivity index (χ1) is 50.1. The van der Waals surface area contributed by atoms with Gasteiger partial charge < -0.3 is 101 Å². The van der Waals surface area contributed by atoms with Crippen LogP contribution in [0.15, 0.2) is 109 Å². The van der Waals surface area contributed by atoms with Crippen LogP contribution in [0.25, 0.3) is 43.1 Å². The summed E-state index contributed by atoms with van der Waals surface area (Å²) >= 11 is 0. The third-order valence-electron chi connectivity index (χ3n) is 22.8. The molecule has 0 aromatic heterocycles. The van der Waals surface area contributed by atoms with Crippen LogP contribution in [0.1, 0.15) is 136 Å². The minimum absolute atomic E-state index is 0.147. The zero-order valence-electron chi connectivity index (χ0n) is 60.3. The van der Waals surface area contributed by atoms with Gasteiger partial charge in [-0.05, 0) is 128 Å². The molecule has 8 aromatic rings. The number of rotatable bonds is 31. The zero-order chi connectivity index (χ0) is 71.7. The van der Waals surface area contributed by atoms with Crippen LogP contribution in [0.3, 0.4) is 0 Å². The van der Waals surface area contributed by atoms with E-state index in [0.717, 1.165) is 94.5 Å². The second-order valence-corrected chi connectivity index (χ2v) is 29.2. The van der Waals surface area contributed by atoms with Crippen molar-refractivity contribution in [3.05, 3.63) is 148 Å². The molecule has 0 saturated heterocycles. The molecule has 14 N–H and O–H groups in total. The second kappa shape index (κ2) is 28.9. The summed E-state index contributed by atoms with van der Waals surface area (Å²) in [6, 6.07) is 36.4. The van der Waals surface area contributed by atoms with Crippen LogP contribution in [0.2, 0.25) is 0 Å². The van der Waals surface area contributed by atoms with E-state index in [1.54, 1.807) is 0 Å². The van der Waals surface area contributed by atoms with Crippen molar-refractivity contribution < 1.29 is 68.6 Å². The van der Waals surface area contributed by atoms with Gasteiger partial charge in [-0.2, -0.15) is 5.48 Å². The molecule has 15 rings (SSSR count). The number of nitrogens with one attached hydrogen (secondary N) is 8. The lowest BCUT2D eigenvalue weighted by Crippen LogP contribution is -2.60. The number of aliphatic hydroxyl groups excluding tert-OH is 6. The summed E-state index contributed by atoms with van der Waals surface area (Å²) in [7, 11) is 0. The van der Waals surface area contributed by atoms with Gasteiger partial charge in [0.05, 0.1) is 89.5 Å². The fourth-order valence-corrected chi connectivity index (χ4v) is 18.0.